The van der Waals surface area contributed by atoms with Crippen LogP contribution in [0.3, 0.4) is 0 Å². The van der Waals surface area contributed by atoms with Gasteiger partial charge in [-0.15, -0.1) is 0 Å². The van der Waals surface area contributed by atoms with Crippen LogP contribution in [0.4, 0.5) is 5.69 Å². The molecule has 1 saturated heterocycles. The minimum Gasteiger partial charge on any atom is -0.340 e. The van der Waals surface area contributed by atoms with Crippen LogP contribution in [0.2, 0.25) is 0 Å². The van der Waals surface area contributed by atoms with Crippen molar-refractivity contribution in [2.24, 2.45) is 5.92 Å². The number of carbonyl (C=O) groups excluding carboxylic acids is 1. The van der Waals surface area contributed by atoms with Crippen molar-refractivity contribution in [1.29, 1.82) is 0 Å². The molecule has 1 aliphatic heterocycles. The Morgan fingerprint density at radius 1 is 1.15 bits per heavy atom. The largest absolute Gasteiger partial charge is 0.340 e. The summed E-state index contributed by atoms with van der Waals surface area (Å²) in [4.78, 5) is 24.3. The zero-order chi connectivity index (χ0) is 19.4. The SMILES string of the molecule is O=C(CCC1CCCC1)N1CCN(S(=O)(=O)c2cccc([N+](=O)[O-])c2)CC1. The van der Waals surface area contributed by atoms with E-state index in [-0.39, 0.29) is 29.6 Å². The average molecular weight is 395 g/mol. The van der Waals surface area contributed by atoms with Crippen molar-refractivity contribution in [3.8, 4) is 0 Å². The second-order valence-electron chi connectivity index (χ2n) is 7.23. The van der Waals surface area contributed by atoms with Crippen LogP contribution in [-0.4, -0.2) is 54.6 Å². The Morgan fingerprint density at radius 3 is 2.44 bits per heavy atom. The van der Waals surface area contributed by atoms with Crippen LogP contribution in [0.5, 0.6) is 0 Å². The number of amides is 1. The van der Waals surface area contributed by atoms with E-state index in [0.717, 1.165) is 12.5 Å². The molecule has 9 heteroatoms. The molecule has 0 N–H and O–H groups in total. The summed E-state index contributed by atoms with van der Waals surface area (Å²) in [5.41, 5.74) is -0.253. The molecule has 0 radical (unpaired) electrons. The summed E-state index contributed by atoms with van der Waals surface area (Å²) in [7, 11) is -3.80. The van der Waals surface area contributed by atoms with Gasteiger partial charge in [-0.05, 0) is 18.4 Å². The summed E-state index contributed by atoms with van der Waals surface area (Å²) >= 11 is 0. The molecule has 2 aliphatic rings. The Balaban J connectivity index is 1.56. The van der Waals surface area contributed by atoms with Gasteiger partial charge in [-0.2, -0.15) is 4.31 Å². The van der Waals surface area contributed by atoms with E-state index >= 15 is 0 Å². The maximum atomic E-state index is 12.7. The lowest BCUT2D eigenvalue weighted by atomic mass is 10.0. The molecular weight excluding hydrogens is 370 g/mol. The fraction of sp³-hybridized carbons (Fsp3) is 0.611. The number of piperazine rings is 1. The highest BCUT2D eigenvalue weighted by atomic mass is 32.2. The van der Waals surface area contributed by atoms with E-state index in [2.05, 4.69) is 0 Å². The number of sulfonamides is 1. The standard InChI is InChI=1S/C18H25N3O5S/c22-18(9-8-15-4-1-2-5-15)19-10-12-20(13-11-19)27(25,26)17-7-3-6-16(14-17)21(23)24/h3,6-7,14-15H,1-2,4-5,8-13H2. The maximum absolute atomic E-state index is 12.7. The van der Waals surface area contributed by atoms with Gasteiger partial charge in [0.1, 0.15) is 0 Å². The second kappa shape index (κ2) is 8.35. The molecule has 0 aromatic heterocycles. The number of nitrogens with zero attached hydrogens (tertiary/aromatic N) is 3. The van der Waals surface area contributed by atoms with Crippen LogP contribution in [0.15, 0.2) is 29.2 Å². The first-order valence-electron chi connectivity index (χ1n) is 9.40. The molecular formula is C18H25N3O5S. The Bertz CT molecular complexity index is 797. The summed E-state index contributed by atoms with van der Waals surface area (Å²) in [5.74, 6) is 0.749. The number of benzene rings is 1. The van der Waals surface area contributed by atoms with E-state index in [1.807, 2.05) is 0 Å². The first-order valence-corrected chi connectivity index (χ1v) is 10.8. The molecule has 1 aliphatic carbocycles. The summed E-state index contributed by atoms with van der Waals surface area (Å²) in [6.07, 6.45) is 6.39. The van der Waals surface area contributed by atoms with E-state index < -0.39 is 14.9 Å². The number of nitro benzene ring substituents is 1. The number of rotatable bonds is 6. The molecule has 0 atom stereocenters. The average Bonchev–Trinajstić information content (AvgIpc) is 3.20. The molecule has 1 aromatic carbocycles. The number of nitro groups is 1. The van der Waals surface area contributed by atoms with Crippen LogP contribution >= 0.6 is 0 Å². The third kappa shape index (κ3) is 4.65. The molecule has 27 heavy (non-hydrogen) atoms. The van der Waals surface area contributed by atoms with Crippen LogP contribution in [-0.2, 0) is 14.8 Å². The fourth-order valence-electron chi connectivity index (χ4n) is 3.87. The van der Waals surface area contributed by atoms with Gasteiger partial charge in [0.15, 0.2) is 0 Å². The van der Waals surface area contributed by atoms with Crippen molar-refractivity contribution in [2.75, 3.05) is 26.2 Å². The zero-order valence-corrected chi connectivity index (χ0v) is 16.1. The Labute approximate surface area is 159 Å². The lowest BCUT2D eigenvalue weighted by Gasteiger charge is -2.34. The third-order valence-corrected chi connectivity index (χ3v) is 7.39. The topological polar surface area (TPSA) is 101 Å². The van der Waals surface area contributed by atoms with Gasteiger partial charge in [-0.1, -0.05) is 31.7 Å². The molecule has 0 bridgehead atoms. The second-order valence-corrected chi connectivity index (χ2v) is 9.17. The summed E-state index contributed by atoms with van der Waals surface area (Å²) < 4.78 is 26.8. The van der Waals surface area contributed by atoms with Gasteiger partial charge in [-0.25, -0.2) is 8.42 Å². The van der Waals surface area contributed by atoms with Gasteiger partial charge in [-0.3, -0.25) is 14.9 Å². The molecule has 8 nitrogen and oxygen atoms in total. The molecule has 148 valence electrons. The highest BCUT2D eigenvalue weighted by Crippen LogP contribution is 2.29. The monoisotopic (exact) mass is 395 g/mol. The van der Waals surface area contributed by atoms with Crippen LogP contribution in [0.25, 0.3) is 0 Å². The third-order valence-electron chi connectivity index (χ3n) is 5.50. The summed E-state index contributed by atoms with van der Waals surface area (Å²) in [6.45, 7) is 1.13. The molecule has 3 rings (SSSR count). The van der Waals surface area contributed by atoms with Crippen molar-refractivity contribution >= 4 is 21.6 Å². The van der Waals surface area contributed by atoms with E-state index in [0.29, 0.717) is 25.4 Å². The van der Waals surface area contributed by atoms with Gasteiger partial charge < -0.3 is 4.90 Å². The van der Waals surface area contributed by atoms with Crippen LogP contribution in [0, 0.1) is 16.0 Å². The Morgan fingerprint density at radius 2 is 1.81 bits per heavy atom. The van der Waals surface area contributed by atoms with Gasteiger partial charge >= 0.3 is 0 Å². The van der Waals surface area contributed by atoms with Crippen molar-refractivity contribution in [1.82, 2.24) is 9.21 Å². The lowest BCUT2D eigenvalue weighted by molar-refractivity contribution is -0.385. The number of non-ortho nitro benzene ring substituents is 1. The summed E-state index contributed by atoms with van der Waals surface area (Å²) in [5, 5.41) is 10.9. The number of hydrogen-bond donors (Lipinski definition) is 0. The predicted octanol–water partition coefficient (Wildman–Crippen LogP) is 2.40. The van der Waals surface area contributed by atoms with Crippen molar-refractivity contribution in [3.63, 3.8) is 0 Å². The smallest absolute Gasteiger partial charge is 0.270 e. The predicted molar refractivity (Wildman–Crippen MR) is 99.6 cm³/mol. The first kappa shape index (κ1) is 19.8. The maximum Gasteiger partial charge on any atom is 0.270 e. The number of hydrogen-bond acceptors (Lipinski definition) is 5. The van der Waals surface area contributed by atoms with Gasteiger partial charge in [0.25, 0.3) is 5.69 Å². The van der Waals surface area contributed by atoms with Crippen molar-refractivity contribution in [3.05, 3.63) is 34.4 Å². The molecule has 1 amide bonds. The minimum atomic E-state index is -3.80. The molecule has 1 heterocycles. The Kier molecular flexibility index (Phi) is 6.11. The molecule has 1 saturated carbocycles. The highest BCUT2D eigenvalue weighted by molar-refractivity contribution is 7.89. The lowest BCUT2D eigenvalue weighted by Crippen LogP contribution is -2.50. The van der Waals surface area contributed by atoms with E-state index in [4.69, 9.17) is 0 Å². The Hall–Kier alpha value is -2.00. The molecule has 2 fully saturated rings. The van der Waals surface area contributed by atoms with Crippen LogP contribution < -0.4 is 0 Å². The highest BCUT2D eigenvalue weighted by Gasteiger charge is 2.31. The summed E-state index contributed by atoms with van der Waals surface area (Å²) in [6, 6.07) is 5.07. The zero-order valence-electron chi connectivity index (χ0n) is 15.2. The van der Waals surface area contributed by atoms with E-state index in [1.165, 1.54) is 48.2 Å². The van der Waals surface area contributed by atoms with Crippen molar-refractivity contribution < 1.29 is 18.1 Å². The molecule has 0 spiro atoms. The van der Waals surface area contributed by atoms with Crippen molar-refractivity contribution in [2.45, 2.75) is 43.4 Å². The van der Waals surface area contributed by atoms with E-state index in [9.17, 15) is 23.3 Å². The van der Waals surface area contributed by atoms with Gasteiger partial charge in [0.2, 0.25) is 15.9 Å². The van der Waals surface area contributed by atoms with Gasteiger partial charge in [0.05, 0.1) is 9.82 Å². The van der Waals surface area contributed by atoms with Gasteiger partial charge in [0, 0.05) is 44.7 Å². The number of carbonyl (C=O) groups is 1. The molecule has 0 unspecified atom stereocenters. The molecule has 1 aromatic rings. The fourth-order valence-corrected chi connectivity index (χ4v) is 5.33. The minimum absolute atomic E-state index is 0.0855. The normalized spacial score (nSPS) is 19.3. The first-order chi connectivity index (χ1) is 12.9. The van der Waals surface area contributed by atoms with Crippen LogP contribution in [0.1, 0.15) is 38.5 Å². The quantitative estimate of drug-likeness (QED) is 0.544. The van der Waals surface area contributed by atoms with E-state index in [1.54, 1.807) is 4.90 Å².